The smallest absolute Gasteiger partial charge is 0.0412 e. The van der Waals surface area contributed by atoms with Crippen molar-refractivity contribution >= 4 is 11.6 Å². The highest BCUT2D eigenvalue weighted by molar-refractivity contribution is 6.30. The van der Waals surface area contributed by atoms with Crippen LogP contribution >= 0.6 is 11.6 Å². The lowest BCUT2D eigenvalue weighted by atomic mass is 9.98. The van der Waals surface area contributed by atoms with Crippen molar-refractivity contribution in [2.75, 3.05) is 6.54 Å². The minimum Gasteiger partial charge on any atom is -0.330 e. The molecule has 0 bridgehead atoms. The van der Waals surface area contributed by atoms with Crippen LogP contribution in [-0.2, 0) is 6.42 Å². The van der Waals surface area contributed by atoms with E-state index in [1.165, 1.54) is 22.3 Å². The summed E-state index contributed by atoms with van der Waals surface area (Å²) in [6.45, 7) is 2.78. The van der Waals surface area contributed by atoms with Gasteiger partial charge in [-0.2, -0.15) is 0 Å². The molecular weight excluding hydrogens is 230 g/mol. The molecule has 0 radical (unpaired) electrons. The Bertz CT molecular complexity index is 520. The predicted molar refractivity (Wildman–Crippen MR) is 74.4 cm³/mol. The Balaban J connectivity index is 2.45. The third-order valence-corrected chi connectivity index (χ3v) is 3.11. The van der Waals surface area contributed by atoms with Crippen molar-refractivity contribution in [3.8, 4) is 11.1 Å². The fourth-order valence-electron chi connectivity index (χ4n) is 1.97. The molecule has 0 saturated carbocycles. The Morgan fingerprint density at radius 3 is 2.71 bits per heavy atom. The number of nitrogens with two attached hydrogens (primary N) is 1. The number of hydrogen-bond donors (Lipinski definition) is 1. The maximum Gasteiger partial charge on any atom is 0.0412 e. The van der Waals surface area contributed by atoms with Gasteiger partial charge >= 0.3 is 0 Å². The van der Waals surface area contributed by atoms with Crippen LogP contribution in [0.2, 0.25) is 5.02 Å². The summed E-state index contributed by atoms with van der Waals surface area (Å²) in [5, 5.41) is 0.773. The standard InChI is InChI=1S/C15H16ClN/c1-11-5-6-14(16)10-15(11)13-4-2-3-12(9-13)7-8-17/h2-6,9-10H,7-8,17H2,1H3. The minimum atomic E-state index is 0.679. The Kier molecular flexibility index (Phi) is 3.82. The zero-order chi connectivity index (χ0) is 12.3. The van der Waals surface area contributed by atoms with Gasteiger partial charge in [-0.3, -0.25) is 0 Å². The molecule has 0 atom stereocenters. The van der Waals surface area contributed by atoms with E-state index in [1.807, 2.05) is 18.2 Å². The van der Waals surface area contributed by atoms with Gasteiger partial charge in [0.15, 0.2) is 0 Å². The summed E-state index contributed by atoms with van der Waals surface area (Å²) in [5.41, 5.74) is 10.5. The molecule has 0 amide bonds. The van der Waals surface area contributed by atoms with E-state index in [2.05, 4.69) is 31.2 Å². The Hall–Kier alpha value is -1.31. The molecule has 2 rings (SSSR count). The number of hydrogen-bond acceptors (Lipinski definition) is 1. The molecule has 2 heteroatoms. The average molecular weight is 246 g/mol. The molecular formula is C15H16ClN. The summed E-state index contributed by atoms with van der Waals surface area (Å²) in [4.78, 5) is 0. The van der Waals surface area contributed by atoms with Crippen LogP contribution in [-0.4, -0.2) is 6.54 Å². The third-order valence-electron chi connectivity index (χ3n) is 2.87. The summed E-state index contributed by atoms with van der Waals surface area (Å²) in [5.74, 6) is 0. The molecule has 88 valence electrons. The average Bonchev–Trinajstić information content (AvgIpc) is 2.33. The summed E-state index contributed by atoms with van der Waals surface area (Å²) >= 11 is 6.05. The first-order valence-corrected chi connectivity index (χ1v) is 6.14. The van der Waals surface area contributed by atoms with E-state index in [0.717, 1.165) is 11.4 Å². The van der Waals surface area contributed by atoms with Crippen LogP contribution in [0.4, 0.5) is 0 Å². The Morgan fingerprint density at radius 2 is 1.94 bits per heavy atom. The highest BCUT2D eigenvalue weighted by Crippen LogP contribution is 2.27. The molecule has 0 spiro atoms. The van der Waals surface area contributed by atoms with Crippen molar-refractivity contribution in [2.45, 2.75) is 13.3 Å². The van der Waals surface area contributed by atoms with E-state index in [4.69, 9.17) is 17.3 Å². The molecule has 0 heterocycles. The SMILES string of the molecule is Cc1ccc(Cl)cc1-c1cccc(CCN)c1. The van der Waals surface area contributed by atoms with E-state index in [-0.39, 0.29) is 0 Å². The van der Waals surface area contributed by atoms with Gasteiger partial charge in [0.25, 0.3) is 0 Å². The monoisotopic (exact) mass is 245 g/mol. The quantitative estimate of drug-likeness (QED) is 0.874. The second kappa shape index (κ2) is 5.35. The lowest BCUT2D eigenvalue weighted by Crippen LogP contribution is -2.02. The molecule has 0 aliphatic heterocycles. The summed E-state index contributed by atoms with van der Waals surface area (Å²) < 4.78 is 0. The minimum absolute atomic E-state index is 0.679. The van der Waals surface area contributed by atoms with Gasteiger partial charge < -0.3 is 5.73 Å². The molecule has 0 fully saturated rings. The zero-order valence-corrected chi connectivity index (χ0v) is 10.7. The second-order valence-corrected chi connectivity index (χ2v) is 4.63. The number of rotatable bonds is 3. The van der Waals surface area contributed by atoms with Gasteiger partial charge in [0, 0.05) is 5.02 Å². The Labute approximate surface area is 107 Å². The van der Waals surface area contributed by atoms with Crippen molar-refractivity contribution < 1.29 is 0 Å². The van der Waals surface area contributed by atoms with E-state index in [1.54, 1.807) is 0 Å². The molecule has 0 unspecified atom stereocenters. The third kappa shape index (κ3) is 2.87. The summed E-state index contributed by atoms with van der Waals surface area (Å²) in [7, 11) is 0. The molecule has 1 nitrogen and oxygen atoms in total. The second-order valence-electron chi connectivity index (χ2n) is 4.20. The van der Waals surface area contributed by atoms with E-state index < -0.39 is 0 Å². The normalized spacial score (nSPS) is 10.5. The summed E-state index contributed by atoms with van der Waals surface area (Å²) in [6, 6.07) is 14.5. The van der Waals surface area contributed by atoms with Gasteiger partial charge in [-0.1, -0.05) is 41.9 Å². The van der Waals surface area contributed by atoms with Crippen molar-refractivity contribution in [3.63, 3.8) is 0 Å². The van der Waals surface area contributed by atoms with Crippen LogP contribution < -0.4 is 5.73 Å². The maximum absolute atomic E-state index is 6.05. The zero-order valence-electron chi connectivity index (χ0n) is 9.91. The van der Waals surface area contributed by atoms with Crippen molar-refractivity contribution in [1.29, 1.82) is 0 Å². The fraction of sp³-hybridized carbons (Fsp3) is 0.200. The topological polar surface area (TPSA) is 26.0 Å². The van der Waals surface area contributed by atoms with Crippen molar-refractivity contribution in [1.82, 2.24) is 0 Å². The van der Waals surface area contributed by atoms with Gasteiger partial charge in [0.1, 0.15) is 0 Å². The molecule has 0 saturated heterocycles. The van der Waals surface area contributed by atoms with Crippen LogP contribution in [0.5, 0.6) is 0 Å². The molecule has 0 aromatic heterocycles. The first kappa shape index (κ1) is 12.2. The highest BCUT2D eigenvalue weighted by atomic mass is 35.5. The van der Waals surface area contributed by atoms with Gasteiger partial charge in [0.2, 0.25) is 0 Å². The molecule has 2 aromatic rings. The highest BCUT2D eigenvalue weighted by Gasteiger charge is 2.03. The largest absolute Gasteiger partial charge is 0.330 e. The lowest BCUT2D eigenvalue weighted by Gasteiger charge is -2.08. The van der Waals surface area contributed by atoms with Crippen LogP contribution in [0.15, 0.2) is 42.5 Å². The van der Waals surface area contributed by atoms with Crippen LogP contribution in [0.1, 0.15) is 11.1 Å². The number of aryl methyl sites for hydroxylation is 1. The van der Waals surface area contributed by atoms with E-state index in [9.17, 15) is 0 Å². The number of benzene rings is 2. The van der Waals surface area contributed by atoms with Gasteiger partial charge in [-0.15, -0.1) is 0 Å². The van der Waals surface area contributed by atoms with E-state index >= 15 is 0 Å². The van der Waals surface area contributed by atoms with Gasteiger partial charge in [0.05, 0.1) is 0 Å². The number of halogens is 1. The lowest BCUT2D eigenvalue weighted by molar-refractivity contribution is 0.969. The first-order chi connectivity index (χ1) is 8.20. The van der Waals surface area contributed by atoms with Crippen molar-refractivity contribution in [3.05, 3.63) is 58.6 Å². The van der Waals surface area contributed by atoms with Crippen LogP contribution in [0.25, 0.3) is 11.1 Å². The predicted octanol–water partition coefficient (Wildman–Crippen LogP) is 3.82. The fourth-order valence-corrected chi connectivity index (χ4v) is 2.14. The van der Waals surface area contributed by atoms with Crippen LogP contribution in [0, 0.1) is 6.92 Å². The molecule has 0 aliphatic rings. The molecule has 0 aliphatic carbocycles. The molecule has 2 N–H and O–H groups in total. The summed E-state index contributed by atoms with van der Waals surface area (Å²) in [6.07, 6.45) is 0.910. The maximum atomic E-state index is 6.05. The first-order valence-electron chi connectivity index (χ1n) is 5.76. The van der Waals surface area contributed by atoms with Gasteiger partial charge in [-0.25, -0.2) is 0 Å². The van der Waals surface area contributed by atoms with Crippen LogP contribution in [0.3, 0.4) is 0 Å². The van der Waals surface area contributed by atoms with E-state index in [0.29, 0.717) is 6.54 Å². The molecule has 17 heavy (non-hydrogen) atoms. The molecule has 2 aromatic carbocycles. The Morgan fingerprint density at radius 1 is 1.12 bits per heavy atom. The van der Waals surface area contributed by atoms with Gasteiger partial charge in [-0.05, 0) is 54.3 Å². The van der Waals surface area contributed by atoms with Crippen molar-refractivity contribution in [2.24, 2.45) is 5.73 Å².